The molecule has 4 heteroatoms. The first-order valence-corrected chi connectivity index (χ1v) is 6.76. The van der Waals surface area contributed by atoms with Crippen molar-refractivity contribution in [1.82, 2.24) is 9.97 Å². The third-order valence-corrected chi connectivity index (χ3v) is 3.88. The molecular formula is C15H11N3S. The maximum absolute atomic E-state index is 9.30. The highest BCUT2D eigenvalue weighted by Gasteiger charge is 2.07. The molecule has 0 aliphatic heterocycles. The van der Waals surface area contributed by atoms with E-state index in [0.29, 0.717) is 5.57 Å². The molecule has 0 radical (unpaired) electrons. The summed E-state index contributed by atoms with van der Waals surface area (Å²) in [6, 6.07) is 10.3. The van der Waals surface area contributed by atoms with Crippen LogP contribution in [-0.4, -0.2) is 9.97 Å². The van der Waals surface area contributed by atoms with Crippen LogP contribution in [0.3, 0.4) is 0 Å². The molecule has 1 N–H and O–H groups in total. The Labute approximate surface area is 114 Å². The van der Waals surface area contributed by atoms with E-state index in [4.69, 9.17) is 0 Å². The molecular weight excluding hydrogens is 254 g/mol. The van der Waals surface area contributed by atoms with Gasteiger partial charge in [0.2, 0.25) is 0 Å². The zero-order valence-corrected chi connectivity index (χ0v) is 11.2. The lowest BCUT2D eigenvalue weighted by Crippen LogP contribution is -1.80. The Morgan fingerprint density at radius 3 is 3.00 bits per heavy atom. The van der Waals surface area contributed by atoms with Crippen molar-refractivity contribution in [3.05, 3.63) is 52.1 Å². The molecule has 0 spiro atoms. The topological polar surface area (TPSA) is 52.5 Å². The van der Waals surface area contributed by atoms with Crippen molar-refractivity contribution in [3.8, 4) is 6.07 Å². The minimum absolute atomic E-state index is 0.600. The fourth-order valence-corrected chi connectivity index (χ4v) is 2.75. The zero-order valence-electron chi connectivity index (χ0n) is 10.3. The van der Waals surface area contributed by atoms with Crippen LogP contribution < -0.4 is 0 Å². The van der Waals surface area contributed by atoms with E-state index in [1.807, 2.05) is 48.8 Å². The fraction of sp³-hybridized carbons (Fsp3) is 0.0667. The molecule has 92 valence electrons. The fourth-order valence-electron chi connectivity index (χ4n) is 1.99. The predicted molar refractivity (Wildman–Crippen MR) is 78.6 cm³/mol. The predicted octanol–water partition coefficient (Wildman–Crippen LogP) is 4.00. The highest BCUT2D eigenvalue weighted by molar-refractivity contribution is 7.11. The van der Waals surface area contributed by atoms with Gasteiger partial charge in [-0.25, -0.2) is 4.98 Å². The Morgan fingerprint density at radius 1 is 1.42 bits per heavy atom. The molecule has 3 nitrogen and oxygen atoms in total. The number of benzene rings is 1. The first-order valence-electron chi connectivity index (χ1n) is 5.88. The largest absolute Gasteiger partial charge is 0.361 e. The van der Waals surface area contributed by atoms with Gasteiger partial charge < -0.3 is 4.98 Å². The van der Waals surface area contributed by atoms with E-state index in [1.54, 1.807) is 0 Å². The summed E-state index contributed by atoms with van der Waals surface area (Å²) < 4.78 is 0. The number of nitriles is 1. The maximum atomic E-state index is 9.30. The third kappa shape index (κ3) is 2.16. The van der Waals surface area contributed by atoms with E-state index >= 15 is 0 Å². The molecule has 0 bridgehead atoms. The summed E-state index contributed by atoms with van der Waals surface area (Å²) in [7, 11) is 0. The van der Waals surface area contributed by atoms with E-state index < -0.39 is 0 Å². The van der Waals surface area contributed by atoms with Crippen LogP contribution in [0.1, 0.15) is 16.3 Å². The van der Waals surface area contributed by atoms with Crippen molar-refractivity contribution >= 4 is 33.9 Å². The van der Waals surface area contributed by atoms with Gasteiger partial charge in [0.05, 0.1) is 5.57 Å². The van der Waals surface area contributed by atoms with E-state index in [1.165, 1.54) is 11.3 Å². The maximum Gasteiger partial charge on any atom is 0.134 e. The second kappa shape index (κ2) is 4.71. The zero-order chi connectivity index (χ0) is 13.2. The van der Waals surface area contributed by atoms with Crippen molar-refractivity contribution in [3.63, 3.8) is 0 Å². The lowest BCUT2D eigenvalue weighted by atomic mass is 10.1. The van der Waals surface area contributed by atoms with Crippen molar-refractivity contribution in [2.75, 3.05) is 0 Å². The number of allylic oxidation sites excluding steroid dienone is 1. The molecule has 0 unspecified atom stereocenters. The number of hydrogen-bond donors (Lipinski definition) is 1. The van der Waals surface area contributed by atoms with Crippen LogP contribution >= 0.6 is 11.3 Å². The number of H-pyrrole nitrogens is 1. The second-order valence-corrected chi connectivity index (χ2v) is 5.11. The minimum Gasteiger partial charge on any atom is -0.361 e. The normalized spacial score (nSPS) is 11.7. The Morgan fingerprint density at radius 2 is 2.26 bits per heavy atom. The standard InChI is InChI=1S/C15H11N3S/c1-10-9-19-15(18-10)11(7-16)6-12-8-17-14-5-3-2-4-13(12)14/h2-6,8-9,17H,1H3/b11-6-. The highest BCUT2D eigenvalue weighted by Crippen LogP contribution is 2.25. The number of rotatable bonds is 2. The number of fused-ring (bicyclic) bond motifs is 1. The van der Waals surface area contributed by atoms with Crippen molar-refractivity contribution in [1.29, 1.82) is 5.26 Å². The van der Waals surface area contributed by atoms with Gasteiger partial charge in [0, 0.05) is 33.7 Å². The van der Waals surface area contributed by atoms with Gasteiger partial charge >= 0.3 is 0 Å². The monoisotopic (exact) mass is 265 g/mol. The summed E-state index contributed by atoms with van der Waals surface area (Å²) in [5.41, 5.74) is 3.63. The Balaban J connectivity index is 2.11. The smallest absolute Gasteiger partial charge is 0.134 e. The van der Waals surface area contributed by atoms with Crippen LogP contribution in [0.4, 0.5) is 0 Å². The SMILES string of the molecule is Cc1csc(/C(C#N)=C\c2c[nH]c3ccccc23)n1. The first-order chi connectivity index (χ1) is 9.28. The summed E-state index contributed by atoms with van der Waals surface area (Å²) in [6.07, 6.45) is 3.81. The molecule has 2 heterocycles. The number of hydrogen-bond acceptors (Lipinski definition) is 3. The molecule has 0 aliphatic carbocycles. The van der Waals surface area contributed by atoms with E-state index in [0.717, 1.165) is 27.2 Å². The number of aromatic amines is 1. The first kappa shape index (κ1) is 11.7. The number of nitrogens with one attached hydrogen (secondary N) is 1. The van der Waals surface area contributed by atoms with Crippen LogP contribution in [0.15, 0.2) is 35.8 Å². The Hall–Kier alpha value is -2.38. The molecule has 0 aliphatic rings. The van der Waals surface area contributed by atoms with Crippen molar-refractivity contribution in [2.24, 2.45) is 0 Å². The molecule has 0 atom stereocenters. The van der Waals surface area contributed by atoms with Gasteiger partial charge in [-0.05, 0) is 19.1 Å². The Bertz CT molecular complexity index is 802. The molecule has 3 aromatic rings. The summed E-state index contributed by atoms with van der Waals surface area (Å²) >= 11 is 1.50. The number of para-hydroxylation sites is 1. The molecule has 0 saturated carbocycles. The van der Waals surface area contributed by atoms with Crippen molar-refractivity contribution in [2.45, 2.75) is 6.92 Å². The van der Waals surface area contributed by atoms with Gasteiger partial charge in [-0.3, -0.25) is 0 Å². The van der Waals surface area contributed by atoms with Crippen molar-refractivity contribution < 1.29 is 0 Å². The summed E-state index contributed by atoms with van der Waals surface area (Å²) in [5.74, 6) is 0. The number of thiazole rings is 1. The van der Waals surface area contributed by atoms with Crippen LogP contribution in [0, 0.1) is 18.3 Å². The lowest BCUT2D eigenvalue weighted by molar-refractivity contribution is 1.25. The second-order valence-electron chi connectivity index (χ2n) is 4.25. The van der Waals surface area contributed by atoms with E-state index in [9.17, 15) is 5.26 Å². The molecule has 19 heavy (non-hydrogen) atoms. The summed E-state index contributed by atoms with van der Waals surface area (Å²) in [6.45, 7) is 1.93. The number of nitrogens with zero attached hydrogens (tertiary/aromatic N) is 2. The van der Waals surface area contributed by atoms with Gasteiger partial charge in [-0.1, -0.05) is 18.2 Å². The molecule has 0 fully saturated rings. The number of aromatic nitrogens is 2. The molecule has 0 saturated heterocycles. The molecule has 2 aromatic heterocycles. The summed E-state index contributed by atoms with van der Waals surface area (Å²) in [4.78, 5) is 7.56. The minimum atomic E-state index is 0.600. The van der Waals surface area contributed by atoms with E-state index in [2.05, 4.69) is 16.0 Å². The van der Waals surface area contributed by atoms with Gasteiger partial charge in [0.1, 0.15) is 11.1 Å². The number of aryl methyl sites for hydroxylation is 1. The molecule has 1 aromatic carbocycles. The third-order valence-electron chi connectivity index (χ3n) is 2.89. The van der Waals surface area contributed by atoms with Gasteiger partial charge in [-0.2, -0.15) is 5.26 Å². The van der Waals surface area contributed by atoms with Gasteiger partial charge in [0.25, 0.3) is 0 Å². The molecule has 3 rings (SSSR count). The average molecular weight is 265 g/mol. The highest BCUT2D eigenvalue weighted by atomic mass is 32.1. The van der Waals surface area contributed by atoms with E-state index in [-0.39, 0.29) is 0 Å². The summed E-state index contributed by atoms with van der Waals surface area (Å²) in [5, 5.41) is 13.1. The van der Waals surface area contributed by atoms with Gasteiger partial charge in [-0.15, -0.1) is 11.3 Å². The quantitative estimate of drug-likeness (QED) is 0.712. The molecule has 0 amide bonds. The van der Waals surface area contributed by atoms with Crippen LogP contribution in [-0.2, 0) is 0 Å². The average Bonchev–Trinajstić information content (AvgIpc) is 3.03. The van der Waals surface area contributed by atoms with Gasteiger partial charge in [0.15, 0.2) is 0 Å². The Kier molecular flexibility index (Phi) is 2.90. The van der Waals surface area contributed by atoms with Crippen LogP contribution in [0.2, 0.25) is 0 Å². The van der Waals surface area contributed by atoms with Crippen LogP contribution in [0.5, 0.6) is 0 Å². The van der Waals surface area contributed by atoms with Crippen LogP contribution in [0.25, 0.3) is 22.6 Å². The lowest BCUT2D eigenvalue weighted by Gasteiger charge is -1.94.